The van der Waals surface area contributed by atoms with Gasteiger partial charge in [0, 0.05) is 31.5 Å². The van der Waals surface area contributed by atoms with E-state index in [-0.39, 0.29) is 29.1 Å². The molecule has 0 aromatic heterocycles. The number of carbonyl (C=O) groups excluding carboxylic acids is 2. The summed E-state index contributed by atoms with van der Waals surface area (Å²) in [6, 6.07) is 0. The lowest BCUT2D eigenvalue weighted by Crippen LogP contribution is -2.48. The van der Waals surface area contributed by atoms with E-state index in [1.165, 1.54) is 0 Å². The Kier molecular flexibility index (Phi) is 5.80. The molecule has 0 aromatic carbocycles. The molecular weight excluding hydrogens is 302 g/mol. The highest BCUT2D eigenvalue weighted by atomic mass is 16.2. The van der Waals surface area contributed by atoms with Crippen LogP contribution in [-0.4, -0.2) is 49.4 Å². The molecule has 0 radical (unpaired) electrons. The van der Waals surface area contributed by atoms with E-state index in [1.807, 2.05) is 4.90 Å². The lowest BCUT2D eigenvalue weighted by atomic mass is 9.77. The zero-order valence-electron chi connectivity index (χ0n) is 15.1. The predicted octanol–water partition coefficient (Wildman–Crippen LogP) is 1.92. The van der Waals surface area contributed by atoms with Gasteiger partial charge in [0.1, 0.15) is 0 Å². The Balaban J connectivity index is 1.57. The van der Waals surface area contributed by atoms with Crippen molar-refractivity contribution in [3.8, 4) is 0 Å². The molecule has 24 heavy (non-hydrogen) atoms. The molecule has 2 unspecified atom stereocenters. The molecule has 2 amide bonds. The second-order valence-corrected chi connectivity index (χ2v) is 8.31. The maximum atomic E-state index is 12.8. The van der Waals surface area contributed by atoms with Crippen molar-refractivity contribution in [2.45, 2.75) is 58.3 Å². The SMILES string of the molecule is CC1(CNC(=O)C2CCCCC2C(=O)N2CCCC2)CCNCC1. The average Bonchev–Trinajstić information content (AvgIpc) is 3.14. The summed E-state index contributed by atoms with van der Waals surface area (Å²) in [5.74, 6) is 0.155. The maximum Gasteiger partial charge on any atom is 0.226 e. The topological polar surface area (TPSA) is 61.4 Å². The molecule has 2 N–H and O–H groups in total. The number of nitrogens with zero attached hydrogens (tertiary/aromatic N) is 1. The van der Waals surface area contributed by atoms with Crippen LogP contribution in [0.15, 0.2) is 0 Å². The first-order valence-corrected chi connectivity index (χ1v) is 9.86. The molecule has 0 aromatic rings. The monoisotopic (exact) mass is 335 g/mol. The van der Waals surface area contributed by atoms with Crippen molar-refractivity contribution in [1.82, 2.24) is 15.5 Å². The third-order valence-corrected chi connectivity index (χ3v) is 6.34. The first kappa shape index (κ1) is 17.7. The van der Waals surface area contributed by atoms with E-state index in [1.54, 1.807) is 0 Å². The van der Waals surface area contributed by atoms with Crippen molar-refractivity contribution < 1.29 is 9.59 Å². The van der Waals surface area contributed by atoms with E-state index in [2.05, 4.69) is 17.6 Å². The van der Waals surface area contributed by atoms with Gasteiger partial charge in [0.2, 0.25) is 11.8 Å². The van der Waals surface area contributed by atoms with Crippen LogP contribution in [0.25, 0.3) is 0 Å². The normalized spacial score (nSPS) is 30.1. The minimum absolute atomic E-state index is 0.0855. The van der Waals surface area contributed by atoms with Gasteiger partial charge in [0.05, 0.1) is 0 Å². The van der Waals surface area contributed by atoms with Crippen molar-refractivity contribution in [2.75, 3.05) is 32.7 Å². The number of likely N-dealkylation sites (tertiary alicyclic amines) is 1. The van der Waals surface area contributed by atoms with Gasteiger partial charge in [-0.15, -0.1) is 0 Å². The number of rotatable bonds is 4. The Morgan fingerprint density at radius 1 is 1.04 bits per heavy atom. The summed E-state index contributed by atoms with van der Waals surface area (Å²) in [4.78, 5) is 27.6. The van der Waals surface area contributed by atoms with Gasteiger partial charge < -0.3 is 15.5 Å². The molecular formula is C19H33N3O2. The molecule has 2 aliphatic heterocycles. The zero-order chi connectivity index (χ0) is 17.0. The van der Waals surface area contributed by atoms with E-state index in [0.29, 0.717) is 0 Å². The van der Waals surface area contributed by atoms with E-state index in [4.69, 9.17) is 0 Å². The Morgan fingerprint density at radius 2 is 1.67 bits per heavy atom. The van der Waals surface area contributed by atoms with Gasteiger partial charge >= 0.3 is 0 Å². The van der Waals surface area contributed by atoms with E-state index in [0.717, 1.165) is 84.1 Å². The van der Waals surface area contributed by atoms with Crippen molar-refractivity contribution in [3.63, 3.8) is 0 Å². The number of piperidine rings is 1. The second-order valence-electron chi connectivity index (χ2n) is 8.31. The summed E-state index contributed by atoms with van der Waals surface area (Å²) < 4.78 is 0. The molecule has 0 spiro atoms. The quantitative estimate of drug-likeness (QED) is 0.825. The highest BCUT2D eigenvalue weighted by Gasteiger charge is 2.39. The van der Waals surface area contributed by atoms with Crippen LogP contribution < -0.4 is 10.6 Å². The highest BCUT2D eigenvalue weighted by molar-refractivity contribution is 5.88. The third-order valence-electron chi connectivity index (χ3n) is 6.34. The molecule has 2 saturated heterocycles. The highest BCUT2D eigenvalue weighted by Crippen LogP contribution is 2.33. The fourth-order valence-electron chi connectivity index (χ4n) is 4.55. The average molecular weight is 335 g/mol. The largest absolute Gasteiger partial charge is 0.355 e. The fourth-order valence-corrected chi connectivity index (χ4v) is 4.55. The van der Waals surface area contributed by atoms with Gasteiger partial charge in [0.15, 0.2) is 0 Å². The minimum atomic E-state index is -0.114. The summed E-state index contributed by atoms with van der Waals surface area (Å²) in [6.07, 6.45) is 8.34. The summed E-state index contributed by atoms with van der Waals surface area (Å²) in [5.41, 5.74) is 0.198. The van der Waals surface area contributed by atoms with Crippen molar-refractivity contribution >= 4 is 11.8 Å². The number of nitrogens with one attached hydrogen (secondary N) is 2. The minimum Gasteiger partial charge on any atom is -0.355 e. The maximum absolute atomic E-state index is 12.8. The van der Waals surface area contributed by atoms with Crippen LogP contribution in [0.5, 0.6) is 0 Å². The van der Waals surface area contributed by atoms with Crippen LogP contribution >= 0.6 is 0 Å². The molecule has 3 aliphatic rings. The van der Waals surface area contributed by atoms with E-state index >= 15 is 0 Å². The molecule has 1 aliphatic carbocycles. The van der Waals surface area contributed by atoms with Gasteiger partial charge in [-0.2, -0.15) is 0 Å². The van der Waals surface area contributed by atoms with Crippen LogP contribution in [0.3, 0.4) is 0 Å². The van der Waals surface area contributed by atoms with Crippen molar-refractivity contribution in [2.24, 2.45) is 17.3 Å². The number of carbonyl (C=O) groups is 2. The Bertz CT molecular complexity index is 454. The van der Waals surface area contributed by atoms with Crippen LogP contribution in [0.2, 0.25) is 0 Å². The molecule has 136 valence electrons. The Hall–Kier alpha value is -1.10. The van der Waals surface area contributed by atoms with Gasteiger partial charge in [-0.1, -0.05) is 19.8 Å². The lowest BCUT2D eigenvalue weighted by Gasteiger charge is -2.36. The third kappa shape index (κ3) is 4.11. The second kappa shape index (κ2) is 7.85. The molecule has 1 saturated carbocycles. The zero-order valence-corrected chi connectivity index (χ0v) is 15.1. The van der Waals surface area contributed by atoms with Gasteiger partial charge in [0.25, 0.3) is 0 Å². The Morgan fingerprint density at radius 3 is 2.33 bits per heavy atom. The number of hydrogen-bond acceptors (Lipinski definition) is 3. The summed E-state index contributed by atoms with van der Waals surface area (Å²) in [6.45, 7) is 6.84. The van der Waals surface area contributed by atoms with Crippen molar-refractivity contribution in [1.29, 1.82) is 0 Å². The van der Waals surface area contributed by atoms with Crippen LogP contribution in [0.1, 0.15) is 58.3 Å². The molecule has 0 bridgehead atoms. The molecule has 2 heterocycles. The molecule has 5 heteroatoms. The lowest BCUT2D eigenvalue weighted by molar-refractivity contribution is -0.143. The molecule has 5 nitrogen and oxygen atoms in total. The summed E-state index contributed by atoms with van der Waals surface area (Å²) in [5, 5.41) is 6.58. The van der Waals surface area contributed by atoms with Gasteiger partial charge in [-0.25, -0.2) is 0 Å². The first-order valence-electron chi connectivity index (χ1n) is 9.86. The van der Waals surface area contributed by atoms with Crippen LogP contribution in [0, 0.1) is 17.3 Å². The summed E-state index contributed by atoms with van der Waals surface area (Å²) >= 11 is 0. The van der Waals surface area contributed by atoms with Crippen LogP contribution in [0.4, 0.5) is 0 Å². The van der Waals surface area contributed by atoms with E-state index in [9.17, 15) is 9.59 Å². The molecule has 2 atom stereocenters. The van der Waals surface area contributed by atoms with Gasteiger partial charge in [-0.3, -0.25) is 9.59 Å². The molecule has 3 rings (SSSR count). The number of hydrogen-bond donors (Lipinski definition) is 2. The first-order chi connectivity index (χ1) is 11.6. The van der Waals surface area contributed by atoms with E-state index < -0.39 is 0 Å². The molecule has 3 fully saturated rings. The fraction of sp³-hybridized carbons (Fsp3) is 0.895. The van der Waals surface area contributed by atoms with Gasteiger partial charge in [-0.05, 0) is 57.0 Å². The Labute approximate surface area is 145 Å². The number of amides is 2. The predicted molar refractivity (Wildman–Crippen MR) is 94.5 cm³/mol. The smallest absolute Gasteiger partial charge is 0.226 e. The standard InChI is InChI=1S/C19H33N3O2/c1-19(8-10-20-11-9-19)14-21-17(23)15-6-2-3-7-16(15)18(24)22-12-4-5-13-22/h15-16,20H,2-14H2,1H3,(H,21,23). The summed E-state index contributed by atoms with van der Waals surface area (Å²) in [7, 11) is 0. The van der Waals surface area contributed by atoms with Crippen molar-refractivity contribution in [3.05, 3.63) is 0 Å². The van der Waals surface area contributed by atoms with Crippen LogP contribution in [-0.2, 0) is 9.59 Å².